The summed E-state index contributed by atoms with van der Waals surface area (Å²) in [5, 5.41) is 2.80. The Labute approximate surface area is 193 Å². The number of carbonyl (C=O) groups excluding carboxylic acids is 2. The second kappa shape index (κ2) is 10.3. The van der Waals surface area contributed by atoms with Crippen molar-refractivity contribution >= 4 is 27.5 Å². The SMILES string of the molecule is O=C(NCCOc1ccc(S(=O)(=O)N2CCOCC2)cc1)c1cccc(N2CCCC2=O)c1. The lowest BCUT2D eigenvalue weighted by Crippen LogP contribution is -2.40. The zero-order chi connectivity index (χ0) is 23.3. The largest absolute Gasteiger partial charge is 0.492 e. The molecule has 2 heterocycles. The van der Waals surface area contributed by atoms with Crippen LogP contribution >= 0.6 is 0 Å². The highest BCUT2D eigenvalue weighted by Gasteiger charge is 2.26. The molecule has 0 bridgehead atoms. The van der Waals surface area contributed by atoms with Crippen LogP contribution in [0.15, 0.2) is 53.4 Å². The van der Waals surface area contributed by atoms with Crippen molar-refractivity contribution in [2.45, 2.75) is 17.7 Å². The molecule has 0 aliphatic carbocycles. The van der Waals surface area contributed by atoms with Gasteiger partial charge in [-0.3, -0.25) is 9.59 Å². The van der Waals surface area contributed by atoms with Gasteiger partial charge in [0.15, 0.2) is 0 Å². The van der Waals surface area contributed by atoms with Crippen LogP contribution in [0.4, 0.5) is 5.69 Å². The molecule has 33 heavy (non-hydrogen) atoms. The smallest absolute Gasteiger partial charge is 0.251 e. The van der Waals surface area contributed by atoms with Gasteiger partial charge in [0.2, 0.25) is 15.9 Å². The first-order chi connectivity index (χ1) is 15.9. The summed E-state index contributed by atoms with van der Waals surface area (Å²) < 4.78 is 37.6. The molecule has 0 unspecified atom stereocenters. The first-order valence-electron chi connectivity index (χ1n) is 10.9. The Morgan fingerprint density at radius 2 is 1.82 bits per heavy atom. The lowest BCUT2D eigenvalue weighted by Gasteiger charge is -2.26. The molecule has 0 atom stereocenters. The molecule has 1 N–H and O–H groups in total. The number of amides is 2. The lowest BCUT2D eigenvalue weighted by molar-refractivity contribution is -0.117. The molecule has 0 aromatic heterocycles. The number of morpholine rings is 1. The van der Waals surface area contributed by atoms with E-state index < -0.39 is 10.0 Å². The number of anilines is 1. The van der Waals surface area contributed by atoms with E-state index in [2.05, 4.69) is 5.32 Å². The number of nitrogens with one attached hydrogen (secondary N) is 1. The van der Waals surface area contributed by atoms with E-state index in [0.29, 0.717) is 50.6 Å². The number of hydrogen-bond acceptors (Lipinski definition) is 6. The van der Waals surface area contributed by atoms with Gasteiger partial charge in [0.1, 0.15) is 12.4 Å². The maximum absolute atomic E-state index is 12.7. The molecule has 9 nitrogen and oxygen atoms in total. The first-order valence-corrected chi connectivity index (χ1v) is 12.4. The minimum atomic E-state index is -3.54. The van der Waals surface area contributed by atoms with E-state index in [1.54, 1.807) is 35.2 Å². The van der Waals surface area contributed by atoms with Crippen LogP contribution in [-0.4, -0.2) is 70.5 Å². The van der Waals surface area contributed by atoms with Crippen molar-refractivity contribution < 1.29 is 27.5 Å². The summed E-state index contributed by atoms with van der Waals surface area (Å²) in [7, 11) is -3.54. The van der Waals surface area contributed by atoms with E-state index in [1.807, 2.05) is 6.07 Å². The summed E-state index contributed by atoms with van der Waals surface area (Å²) in [4.78, 5) is 26.3. The van der Waals surface area contributed by atoms with Gasteiger partial charge in [0.25, 0.3) is 5.91 Å². The van der Waals surface area contributed by atoms with Crippen LogP contribution in [0, 0.1) is 0 Å². The molecule has 2 saturated heterocycles. The molecule has 2 aromatic carbocycles. The third-order valence-electron chi connectivity index (χ3n) is 5.58. The standard InChI is InChI=1S/C23H27N3O6S/c27-22-5-2-11-26(22)19-4-1-3-18(17-19)23(28)24-10-14-32-20-6-8-21(9-7-20)33(29,30)25-12-15-31-16-13-25/h1,3-4,6-9,17H,2,5,10-16H2,(H,24,28). The van der Waals surface area contributed by atoms with Gasteiger partial charge in [0.05, 0.1) is 24.7 Å². The second-order valence-corrected chi connectivity index (χ2v) is 9.73. The molecule has 2 fully saturated rings. The van der Waals surface area contributed by atoms with Gasteiger partial charge in [-0.15, -0.1) is 0 Å². The van der Waals surface area contributed by atoms with Crippen molar-refractivity contribution in [3.8, 4) is 5.75 Å². The number of benzene rings is 2. The van der Waals surface area contributed by atoms with Gasteiger partial charge in [-0.2, -0.15) is 4.31 Å². The predicted octanol–water partition coefficient (Wildman–Crippen LogP) is 1.64. The Morgan fingerprint density at radius 1 is 1.06 bits per heavy atom. The van der Waals surface area contributed by atoms with Crippen molar-refractivity contribution in [1.29, 1.82) is 0 Å². The van der Waals surface area contributed by atoms with E-state index in [4.69, 9.17) is 9.47 Å². The van der Waals surface area contributed by atoms with Crippen molar-refractivity contribution in [2.24, 2.45) is 0 Å². The van der Waals surface area contributed by atoms with Gasteiger partial charge in [-0.25, -0.2) is 8.42 Å². The number of carbonyl (C=O) groups is 2. The van der Waals surface area contributed by atoms with Crippen molar-refractivity contribution in [1.82, 2.24) is 9.62 Å². The number of ether oxygens (including phenoxy) is 2. The molecule has 0 radical (unpaired) electrons. The van der Waals surface area contributed by atoms with E-state index in [9.17, 15) is 18.0 Å². The lowest BCUT2D eigenvalue weighted by atomic mass is 10.1. The molecule has 2 aliphatic heterocycles. The Hall–Kier alpha value is -2.95. The van der Waals surface area contributed by atoms with Crippen LogP contribution in [0.2, 0.25) is 0 Å². The zero-order valence-electron chi connectivity index (χ0n) is 18.2. The third kappa shape index (κ3) is 5.52. The van der Waals surface area contributed by atoms with Gasteiger partial charge < -0.3 is 19.7 Å². The molecule has 0 spiro atoms. The summed E-state index contributed by atoms with van der Waals surface area (Å²) in [6.45, 7) is 2.66. The highest BCUT2D eigenvalue weighted by molar-refractivity contribution is 7.89. The van der Waals surface area contributed by atoms with Crippen molar-refractivity contribution in [3.05, 3.63) is 54.1 Å². The fourth-order valence-corrected chi connectivity index (χ4v) is 5.22. The van der Waals surface area contributed by atoms with Crippen molar-refractivity contribution in [2.75, 3.05) is 50.9 Å². The Balaban J connectivity index is 1.26. The average Bonchev–Trinajstić information content (AvgIpc) is 3.28. The Kier molecular flexibility index (Phi) is 7.26. The van der Waals surface area contributed by atoms with E-state index in [-0.39, 0.29) is 29.9 Å². The van der Waals surface area contributed by atoms with E-state index in [0.717, 1.165) is 12.1 Å². The minimum Gasteiger partial charge on any atom is -0.492 e. The first kappa shape index (κ1) is 23.2. The van der Waals surface area contributed by atoms with Crippen LogP contribution in [0.3, 0.4) is 0 Å². The highest BCUT2D eigenvalue weighted by Crippen LogP contribution is 2.22. The van der Waals surface area contributed by atoms with E-state index in [1.165, 1.54) is 16.4 Å². The molecule has 2 aliphatic rings. The molecule has 2 aromatic rings. The molecule has 2 amide bonds. The van der Waals surface area contributed by atoms with Crippen LogP contribution in [0.1, 0.15) is 23.2 Å². The molecule has 176 valence electrons. The quantitative estimate of drug-likeness (QED) is 0.585. The minimum absolute atomic E-state index is 0.0738. The van der Waals surface area contributed by atoms with Crippen molar-refractivity contribution in [3.63, 3.8) is 0 Å². The summed E-state index contributed by atoms with van der Waals surface area (Å²) in [6.07, 6.45) is 1.36. The average molecular weight is 474 g/mol. The van der Waals surface area contributed by atoms with Crippen LogP contribution in [-0.2, 0) is 19.6 Å². The monoisotopic (exact) mass is 473 g/mol. The Morgan fingerprint density at radius 3 is 2.52 bits per heavy atom. The molecule has 10 heteroatoms. The number of rotatable bonds is 8. The van der Waals surface area contributed by atoms with Gasteiger partial charge >= 0.3 is 0 Å². The molecular weight excluding hydrogens is 446 g/mol. The maximum Gasteiger partial charge on any atom is 0.251 e. The summed E-state index contributed by atoms with van der Waals surface area (Å²) in [6, 6.07) is 13.2. The highest BCUT2D eigenvalue weighted by atomic mass is 32.2. The summed E-state index contributed by atoms with van der Waals surface area (Å²) in [5.74, 6) is 0.337. The third-order valence-corrected chi connectivity index (χ3v) is 7.49. The number of sulfonamides is 1. The van der Waals surface area contributed by atoms with Crippen LogP contribution in [0.5, 0.6) is 5.75 Å². The Bertz CT molecular complexity index is 1100. The predicted molar refractivity (Wildman–Crippen MR) is 122 cm³/mol. The molecule has 0 saturated carbocycles. The number of nitrogens with zero attached hydrogens (tertiary/aromatic N) is 2. The summed E-state index contributed by atoms with van der Waals surface area (Å²) in [5.41, 5.74) is 1.21. The molecule has 4 rings (SSSR count). The van der Waals surface area contributed by atoms with Gasteiger partial charge in [-0.1, -0.05) is 6.07 Å². The normalized spacial score (nSPS) is 17.2. The zero-order valence-corrected chi connectivity index (χ0v) is 19.1. The maximum atomic E-state index is 12.7. The molecular formula is C23H27N3O6S. The number of hydrogen-bond donors (Lipinski definition) is 1. The van der Waals surface area contributed by atoms with E-state index >= 15 is 0 Å². The van der Waals surface area contributed by atoms with Crippen LogP contribution < -0.4 is 15.0 Å². The van der Waals surface area contributed by atoms with Crippen LogP contribution in [0.25, 0.3) is 0 Å². The second-order valence-electron chi connectivity index (χ2n) is 7.79. The fourth-order valence-electron chi connectivity index (χ4n) is 3.82. The summed E-state index contributed by atoms with van der Waals surface area (Å²) >= 11 is 0. The van der Waals surface area contributed by atoms with Gasteiger partial charge in [0, 0.05) is 37.3 Å². The fraction of sp³-hybridized carbons (Fsp3) is 0.391. The van der Waals surface area contributed by atoms with Gasteiger partial charge in [-0.05, 0) is 48.9 Å². The topological polar surface area (TPSA) is 105 Å².